The summed E-state index contributed by atoms with van der Waals surface area (Å²) in [6.45, 7) is 2.31. The van der Waals surface area contributed by atoms with Crippen molar-refractivity contribution >= 4 is 23.0 Å². The van der Waals surface area contributed by atoms with E-state index in [1.165, 1.54) is 0 Å². The second-order valence-electron chi connectivity index (χ2n) is 6.36. The second-order valence-corrected chi connectivity index (χ2v) is 6.79. The van der Waals surface area contributed by atoms with Crippen LogP contribution in [0.3, 0.4) is 0 Å². The number of halogens is 1. The minimum Gasteiger partial charge on any atom is -0.350 e. The summed E-state index contributed by atoms with van der Waals surface area (Å²) in [5.74, 6) is 1.69. The molecule has 0 bridgehead atoms. The SMILES string of the molecule is Cc1nc(CNC(=O)CCc2nc(-c3ccc(Cl)cc3)no2)c2ccccn12. The molecule has 4 rings (SSSR count). The Morgan fingerprint density at radius 1 is 1.18 bits per heavy atom. The summed E-state index contributed by atoms with van der Waals surface area (Å²) in [5.41, 5.74) is 2.64. The zero-order valence-corrected chi connectivity index (χ0v) is 16.0. The summed E-state index contributed by atoms with van der Waals surface area (Å²) in [7, 11) is 0. The molecular weight excluding hydrogens is 378 g/mol. The van der Waals surface area contributed by atoms with Gasteiger partial charge in [-0.2, -0.15) is 4.98 Å². The highest BCUT2D eigenvalue weighted by Gasteiger charge is 2.12. The van der Waals surface area contributed by atoms with Gasteiger partial charge in [-0.25, -0.2) is 4.98 Å². The topological polar surface area (TPSA) is 85.3 Å². The Bertz CT molecular complexity index is 1120. The number of carbonyl (C=O) groups is 1. The van der Waals surface area contributed by atoms with Gasteiger partial charge in [-0.3, -0.25) is 4.79 Å². The summed E-state index contributed by atoms with van der Waals surface area (Å²) in [6.07, 6.45) is 2.58. The fourth-order valence-corrected chi connectivity index (χ4v) is 3.09. The third-order valence-electron chi connectivity index (χ3n) is 4.39. The summed E-state index contributed by atoms with van der Waals surface area (Å²) in [5, 5.41) is 7.49. The molecular formula is C20H18ClN5O2. The maximum Gasteiger partial charge on any atom is 0.227 e. The van der Waals surface area contributed by atoms with E-state index in [0.29, 0.717) is 29.7 Å². The number of amides is 1. The van der Waals surface area contributed by atoms with Gasteiger partial charge in [0.05, 0.1) is 17.8 Å². The first-order valence-corrected chi connectivity index (χ1v) is 9.26. The average Bonchev–Trinajstić information content (AvgIpc) is 3.31. The minimum atomic E-state index is -0.0963. The maximum absolute atomic E-state index is 12.2. The maximum atomic E-state index is 12.2. The lowest BCUT2D eigenvalue weighted by Gasteiger charge is -2.02. The average molecular weight is 396 g/mol. The Balaban J connectivity index is 1.33. The summed E-state index contributed by atoms with van der Waals surface area (Å²) in [6, 6.07) is 13.1. The second kappa shape index (κ2) is 7.82. The summed E-state index contributed by atoms with van der Waals surface area (Å²) >= 11 is 5.88. The molecule has 1 N–H and O–H groups in total. The number of rotatable bonds is 6. The zero-order valence-electron chi connectivity index (χ0n) is 15.2. The smallest absolute Gasteiger partial charge is 0.227 e. The number of aromatic nitrogens is 4. The zero-order chi connectivity index (χ0) is 19.5. The van der Waals surface area contributed by atoms with Crippen LogP contribution in [-0.4, -0.2) is 25.4 Å². The van der Waals surface area contributed by atoms with Gasteiger partial charge in [-0.05, 0) is 43.3 Å². The molecule has 3 heterocycles. The van der Waals surface area contributed by atoms with Crippen LogP contribution in [0.1, 0.15) is 23.8 Å². The highest BCUT2D eigenvalue weighted by molar-refractivity contribution is 6.30. The van der Waals surface area contributed by atoms with Crippen LogP contribution in [0.15, 0.2) is 53.2 Å². The first kappa shape index (κ1) is 18.2. The highest BCUT2D eigenvalue weighted by Crippen LogP contribution is 2.19. The van der Waals surface area contributed by atoms with Crippen LogP contribution in [0.2, 0.25) is 5.02 Å². The molecule has 0 aliphatic heterocycles. The van der Waals surface area contributed by atoms with E-state index in [4.69, 9.17) is 16.1 Å². The minimum absolute atomic E-state index is 0.0963. The van der Waals surface area contributed by atoms with Crippen molar-refractivity contribution < 1.29 is 9.32 Å². The molecule has 4 aromatic rings. The van der Waals surface area contributed by atoms with E-state index in [1.807, 2.05) is 47.9 Å². The van der Waals surface area contributed by atoms with Gasteiger partial charge in [0.2, 0.25) is 17.6 Å². The Kier molecular flexibility index (Phi) is 5.08. The third kappa shape index (κ3) is 3.89. The molecule has 1 aromatic carbocycles. The van der Waals surface area contributed by atoms with Gasteiger partial charge in [-0.1, -0.05) is 22.8 Å². The molecule has 1 amide bonds. The largest absolute Gasteiger partial charge is 0.350 e. The standard InChI is InChI=1S/C20H18ClN5O2/c1-13-23-16(17-4-2-3-11-26(13)17)12-22-18(27)9-10-19-24-20(25-28-19)14-5-7-15(21)8-6-14/h2-8,11H,9-10,12H2,1H3,(H,22,27). The number of hydrogen-bond donors (Lipinski definition) is 1. The van der Waals surface area contributed by atoms with E-state index < -0.39 is 0 Å². The van der Waals surface area contributed by atoms with E-state index in [9.17, 15) is 4.79 Å². The van der Waals surface area contributed by atoms with E-state index in [-0.39, 0.29) is 12.3 Å². The molecule has 8 heteroatoms. The number of nitrogens with one attached hydrogen (secondary N) is 1. The number of aryl methyl sites for hydroxylation is 2. The lowest BCUT2D eigenvalue weighted by Crippen LogP contribution is -2.23. The van der Waals surface area contributed by atoms with Gasteiger partial charge in [0.15, 0.2) is 0 Å². The van der Waals surface area contributed by atoms with Crippen LogP contribution in [-0.2, 0) is 17.8 Å². The van der Waals surface area contributed by atoms with Crippen molar-refractivity contribution in [1.82, 2.24) is 24.8 Å². The van der Waals surface area contributed by atoms with Crippen molar-refractivity contribution in [2.45, 2.75) is 26.3 Å². The molecule has 0 aliphatic carbocycles. The van der Waals surface area contributed by atoms with Gasteiger partial charge in [0.1, 0.15) is 5.82 Å². The summed E-state index contributed by atoms with van der Waals surface area (Å²) in [4.78, 5) is 21.0. The molecule has 0 saturated carbocycles. The molecule has 0 radical (unpaired) electrons. The Morgan fingerprint density at radius 3 is 2.82 bits per heavy atom. The Labute approximate surface area is 166 Å². The predicted molar refractivity (Wildman–Crippen MR) is 105 cm³/mol. The number of benzene rings is 1. The molecule has 28 heavy (non-hydrogen) atoms. The predicted octanol–water partition coefficient (Wildman–Crippen LogP) is 3.60. The molecule has 7 nitrogen and oxygen atoms in total. The molecule has 0 atom stereocenters. The van der Waals surface area contributed by atoms with Gasteiger partial charge in [0.25, 0.3) is 0 Å². The monoisotopic (exact) mass is 395 g/mol. The lowest BCUT2D eigenvalue weighted by molar-refractivity contribution is -0.121. The van der Waals surface area contributed by atoms with Crippen molar-refractivity contribution in [3.63, 3.8) is 0 Å². The quantitative estimate of drug-likeness (QED) is 0.539. The lowest BCUT2D eigenvalue weighted by atomic mass is 10.2. The Hall–Kier alpha value is -3.19. The highest BCUT2D eigenvalue weighted by atomic mass is 35.5. The molecule has 142 valence electrons. The van der Waals surface area contributed by atoms with Crippen molar-refractivity contribution in [2.24, 2.45) is 0 Å². The van der Waals surface area contributed by atoms with Gasteiger partial charge >= 0.3 is 0 Å². The number of pyridine rings is 1. The van der Waals surface area contributed by atoms with E-state index in [0.717, 1.165) is 22.6 Å². The van der Waals surface area contributed by atoms with Crippen LogP contribution in [0.4, 0.5) is 0 Å². The normalized spacial score (nSPS) is 11.1. The Morgan fingerprint density at radius 2 is 2.00 bits per heavy atom. The van der Waals surface area contributed by atoms with E-state index in [2.05, 4.69) is 20.4 Å². The first-order chi connectivity index (χ1) is 13.6. The fourth-order valence-electron chi connectivity index (χ4n) is 2.96. The van der Waals surface area contributed by atoms with E-state index in [1.54, 1.807) is 12.1 Å². The van der Waals surface area contributed by atoms with Crippen molar-refractivity contribution in [1.29, 1.82) is 0 Å². The van der Waals surface area contributed by atoms with Gasteiger partial charge < -0.3 is 14.2 Å². The van der Waals surface area contributed by atoms with Gasteiger partial charge in [0, 0.05) is 29.6 Å². The van der Waals surface area contributed by atoms with Crippen LogP contribution in [0.25, 0.3) is 16.9 Å². The van der Waals surface area contributed by atoms with Crippen molar-refractivity contribution in [2.75, 3.05) is 0 Å². The molecule has 0 fully saturated rings. The van der Waals surface area contributed by atoms with Gasteiger partial charge in [-0.15, -0.1) is 0 Å². The number of hydrogen-bond acceptors (Lipinski definition) is 5. The molecule has 0 aliphatic rings. The van der Waals surface area contributed by atoms with Crippen molar-refractivity contribution in [3.8, 4) is 11.4 Å². The van der Waals surface area contributed by atoms with E-state index >= 15 is 0 Å². The van der Waals surface area contributed by atoms with Crippen molar-refractivity contribution in [3.05, 3.63) is 71.1 Å². The number of imidazole rings is 1. The number of fused-ring (bicyclic) bond motifs is 1. The summed E-state index contributed by atoms with van der Waals surface area (Å²) < 4.78 is 7.23. The number of nitrogens with zero attached hydrogens (tertiary/aromatic N) is 4. The molecule has 0 saturated heterocycles. The number of carbonyl (C=O) groups excluding carboxylic acids is 1. The fraction of sp³-hybridized carbons (Fsp3) is 0.200. The van der Waals surface area contributed by atoms with Crippen LogP contribution >= 0.6 is 11.6 Å². The first-order valence-electron chi connectivity index (χ1n) is 8.88. The molecule has 0 unspecified atom stereocenters. The third-order valence-corrected chi connectivity index (χ3v) is 4.64. The van der Waals surface area contributed by atoms with Crippen LogP contribution in [0.5, 0.6) is 0 Å². The van der Waals surface area contributed by atoms with Crippen LogP contribution in [0, 0.1) is 6.92 Å². The molecule has 0 spiro atoms. The molecule has 3 aromatic heterocycles. The van der Waals surface area contributed by atoms with Crippen LogP contribution < -0.4 is 5.32 Å².